The number of hydrogen-bond acceptors (Lipinski definition) is 6. The molecule has 0 aliphatic carbocycles. The molecule has 0 bridgehead atoms. The van der Waals surface area contributed by atoms with Crippen LogP contribution in [0.4, 0.5) is 5.69 Å². The van der Waals surface area contributed by atoms with Crippen LogP contribution in [0.1, 0.15) is 40.7 Å². The molecule has 31 heavy (non-hydrogen) atoms. The van der Waals surface area contributed by atoms with E-state index >= 15 is 0 Å². The number of carbonyl (C=O) groups is 1. The molecule has 10 heteroatoms. The molecule has 1 saturated heterocycles. The number of rotatable bonds is 3. The molecule has 2 aliphatic heterocycles. The summed E-state index contributed by atoms with van der Waals surface area (Å²) in [5, 5.41) is 11.0. The van der Waals surface area contributed by atoms with Crippen molar-refractivity contribution in [3.63, 3.8) is 0 Å². The second-order valence-electron chi connectivity index (χ2n) is 8.04. The van der Waals surface area contributed by atoms with Gasteiger partial charge in [0.05, 0.1) is 21.8 Å². The van der Waals surface area contributed by atoms with Gasteiger partial charge in [-0.1, -0.05) is 17.7 Å². The quantitative estimate of drug-likeness (QED) is 0.501. The van der Waals surface area contributed by atoms with Gasteiger partial charge >= 0.3 is 0 Å². The van der Waals surface area contributed by atoms with Gasteiger partial charge in [0.15, 0.2) is 5.78 Å². The van der Waals surface area contributed by atoms with Crippen LogP contribution in [0, 0.1) is 24.0 Å². The van der Waals surface area contributed by atoms with E-state index in [4.69, 9.17) is 16.3 Å². The number of nitrogens with zero attached hydrogens (tertiary/aromatic N) is 2. The molecule has 0 unspecified atom stereocenters. The highest BCUT2D eigenvalue weighted by Gasteiger charge is 2.45. The van der Waals surface area contributed by atoms with Crippen LogP contribution in [0.5, 0.6) is 5.75 Å². The number of hydrogen-bond donors (Lipinski definition) is 0. The van der Waals surface area contributed by atoms with E-state index in [-0.39, 0.29) is 35.2 Å². The van der Waals surface area contributed by atoms with E-state index in [2.05, 4.69) is 0 Å². The first kappa shape index (κ1) is 21.7. The summed E-state index contributed by atoms with van der Waals surface area (Å²) < 4.78 is 33.7. The minimum Gasteiger partial charge on any atom is -0.486 e. The van der Waals surface area contributed by atoms with Gasteiger partial charge in [-0.3, -0.25) is 14.9 Å². The topological polar surface area (TPSA) is 107 Å². The minimum absolute atomic E-state index is 0.00557. The van der Waals surface area contributed by atoms with Crippen molar-refractivity contribution >= 4 is 33.1 Å². The van der Waals surface area contributed by atoms with Crippen molar-refractivity contribution in [3.8, 4) is 5.75 Å². The molecule has 1 spiro atoms. The van der Waals surface area contributed by atoms with Crippen LogP contribution in [-0.2, 0) is 10.0 Å². The molecular weight excluding hydrogens is 444 g/mol. The summed E-state index contributed by atoms with van der Waals surface area (Å²) in [5.41, 5.74) is 1.29. The normalized spacial score (nSPS) is 18.5. The number of sulfonamides is 1. The van der Waals surface area contributed by atoms with Gasteiger partial charge in [-0.2, -0.15) is 4.31 Å². The highest BCUT2D eigenvalue weighted by atomic mass is 35.5. The van der Waals surface area contributed by atoms with Gasteiger partial charge in [0.25, 0.3) is 5.69 Å². The lowest BCUT2D eigenvalue weighted by molar-refractivity contribution is -0.384. The molecule has 0 atom stereocenters. The number of nitro groups is 1. The summed E-state index contributed by atoms with van der Waals surface area (Å²) in [6, 6.07) is 7.12. The molecule has 0 amide bonds. The minimum atomic E-state index is -3.95. The zero-order valence-electron chi connectivity index (χ0n) is 17.1. The molecule has 2 aliphatic rings. The van der Waals surface area contributed by atoms with Crippen LogP contribution in [0.15, 0.2) is 35.2 Å². The van der Waals surface area contributed by atoms with E-state index in [9.17, 15) is 23.3 Å². The van der Waals surface area contributed by atoms with Gasteiger partial charge in [-0.25, -0.2) is 8.42 Å². The molecule has 8 nitrogen and oxygen atoms in total. The molecule has 1 fully saturated rings. The average molecular weight is 465 g/mol. The van der Waals surface area contributed by atoms with Gasteiger partial charge < -0.3 is 4.74 Å². The predicted octanol–water partition coefficient (Wildman–Crippen LogP) is 4.05. The van der Waals surface area contributed by atoms with Crippen LogP contribution in [0.2, 0.25) is 5.02 Å². The number of halogens is 1. The van der Waals surface area contributed by atoms with Crippen molar-refractivity contribution in [1.29, 1.82) is 0 Å². The van der Waals surface area contributed by atoms with Crippen molar-refractivity contribution in [2.24, 2.45) is 0 Å². The van der Waals surface area contributed by atoms with Crippen molar-refractivity contribution in [1.82, 2.24) is 4.31 Å². The van der Waals surface area contributed by atoms with Gasteiger partial charge in [0.1, 0.15) is 16.4 Å². The fraction of sp³-hybridized carbons (Fsp3) is 0.381. The second kappa shape index (κ2) is 7.58. The van der Waals surface area contributed by atoms with Crippen LogP contribution in [-0.4, -0.2) is 42.1 Å². The Hall–Kier alpha value is -2.49. The number of piperidine rings is 1. The Morgan fingerprint density at radius 1 is 1.16 bits per heavy atom. The number of fused-ring (bicyclic) bond motifs is 1. The zero-order valence-corrected chi connectivity index (χ0v) is 18.6. The lowest BCUT2D eigenvalue weighted by Crippen LogP contribution is -2.52. The van der Waals surface area contributed by atoms with Gasteiger partial charge in [-0.05, 0) is 43.2 Å². The molecule has 0 aromatic heterocycles. The highest BCUT2D eigenvalue weighted by Crippen LogP contribution is 2.42. The number of Topliss-reactive ketones (excluding diaryl/α,β-unsaturated/α-hetero) is 1. The molecule has 0 N–H and O–H groups in total. The summed E-state index contributed by atoms with van der Waals surface area (Å²) in [6.45, 7) is 4.15. The first-order valence-corrected chi connectivity index (χ1v) is 11.6. The number of nitro benzene ring substituents is 1. The molecular formula is C21H21ClN2O6S. The van der Waals surface area contributed by atoms with Crippen molar-refractivity contribution in [2.75, 3.05) is 13.1 Å². The van der Waals surface area contributed by atoms with E-state index in [1.165, 1.54) is 16.4 Å². The summed E-state index contributed by atoms with van der Waals surface area (Å²) in [7, 11) is -3.95. The number of ether oxygens (including phenoxy) is 1. The number of aryl methyl sites for hydroxylation is 1. The van der Waals surface area contributed by atoms with Crippen molar-refractivity contribution in [2.45, 2.75) is 43.6 Å². The fourth-order valence-electron chi connectivity index (χ4n) is 4.14. The molecule has 164 valence electrons. The maximum atomic E-state index is 13.1. The Morgan fingerprint density at radius 3 is 2.48 bits per heavy atom. The van der Waals surface area contributed by atoms with Gasteiger partial charge in [-0.15, -0.1) is 0 Å². The van der Waals surface area contributed by atoms with E-state index in [0.717, 1.165) is 17.2 Å². The first-order valence-electron chi connectivity index (χ1n) is 9.81. The Bertz CT molecular complexity index is 1200. The largest absolute Gasteiger partial charge is 0.486 e. The average Bonchev–Trinajstić information content (AvgIpc) is 2.71. The number of carbonyl (C=O) groups excluding carboxylic acids is 1. The zero-order chi connectivity index (χ0) is 22.6. The predicted molar refractivity (Wildman–Crippen MR) is 114 cm³/mol. The third-order valence-electron chi connectivity index (χ3n) is 6.16. The maximum absolute atomic E-state index is 13.1. The smallest absolute Gasteiger partial charge is 0.289 e. The SMILES string of the molecule is Cc1ccc2c(c1C)OC1(CCN(S(=O)(=O)c3ccc(Cl)c([N+](=O)[O-])c3)CC1)CC2=O. The lowest BCUT2D eigenvalue weighted by Gasteiger charge is -2.44. The molecule has 0 radical (unpaired) electrons. The Kier molecular flexibility index (Phi) is 5.31. The van der Waals surface area contributed by atoms with E-state index in [0.29, 0.717) is 24.2 Å². The molecule has 2 aromatic rings. The summed E-state index contributed by atoms with van der Waals surface area (Å²) in [6.07, 6.45) is 0.893. The van der Waals surface area contributed by atoms with Crippen LogP contribution >= 0.6 is 11.6 Å². The molecule has 2 aromatic carbocycles. The van der Waals surface area contributed by atoms with E-state index < -0.39 is 26.2 Å². The number of benzene rings is 2. The van der Waals surface area contributed by atoms with Gasteiger partial charge in [0, 0.05) is 32.0 Å². The van der Waals surface area contributed by atoms with E-state index in [1.807, 2.05) is 19.9 Å². The fourth-order valence-corrected chi connectivity index (χ4v) is 5.79. The standard InChI is InChI=1S/C21H21ClN2O6S/c1-13-3-5-16-19(25)12-21(30-20(16)14(13)2)7-9-23(10-8-21)31(28,29)15-4-6-17(22)18(11-15)24(26)27/h3-6,11H,7-10,12H2,1-2H3. The molecule has 4 rings (SSSR count). The maximum Gasteiger partial charge on any atom is 0.289 e. The van der Waals surface area contributed by atoms with Crippen LogP contribution < -0.4 is 4.74 Å². The Balaban J connectivity index is 1.57. The third kappa shape index (κ3) is 3.71. The first-order chi connectivity index (χ1) is 14.5. The van der Waals surface area contributed by atoms with E-state index in [1.54, 1.807) is 6.07 Å². The van der Waals surface area contributed by atoms with Crippen LogP contribution in [0.3, 0.4) is 0 Å². The Morgan fingerprint density at radius 2 is 1.84 bits per heavy atom. The monoisotopic (exact) mass is 464 g/mol. The molecule has 0 saturated carbocycles. The van der Waals surface area contributed by atoms with Gasteiger partial charge in [0.2, 0.25) is 10.0 Å². The van der Waals surface area contributed by atoms with Crippen molar-refractivity contribution < 1.29 is 22.9 Å². The lowest BCUT2D eigenvalue weighted by atomic mass is 9.82. The van der Waals surface area contributed by atoms with Crippen molar-refractivity contribution in [3.05, 3.63) is 62.2 Å². The Labute approximate surface area is 185 Å². The number of ketones is 1. The summed E-state index contributed by atoms with van der Waals surface area (Å²) in [5.74, 6) is 0.579. The highest BCUT2D eigenvalue weighted by molar-refractivity contribution is 7.89. The third-order valence-corrected chi connectivity index (χ3v) is 8.38. The summed E-state index contributed by atoms with van der Waals surface area (Å²) >= 11 is 5.80. The molecule has 2 heterocycles. The summed E-state index contributed by atoms with van der Waals surface area (Å²) in [4.78, 5) is 23.0. The van der Waals surface area contributed by atoms with Crippen LogP contribution in [0.25, 0.3) is 0 Å². The second-order valence-corrected chi connectivity index (χ2v) is 10.4.